The fourth-order valence-electron chi connectivity index (χ4n) is 2.53. The molecule has 1 aromatic rings. The fraction of sp³-hybridized carbons (Fsp3) is 0.368. The predicted molar refractivity (Wildman–Crippen MR) is 90.5 cm³/mol. The van der Waals surface area contributed by atoms with E-state index >= 15 is 0 Å². The molecule has 0 amide bonds. The van der Waals surface area contributed by atoms with E-state index < -0.39 is 18.2 Å². The molecule has 1 aliphatic heterocycles. The Hall–Kier alpha value is -2.56. The molecule has 0 saturated heterocycles. The van der Waals surface area contributed by atoms with Crippen LogP contribution < -0.4 is 9.47 Å². The molecule has 128 valence electrons. The van der Waals surface area contributed by atoms with Crippen molar-refractivity contribution in [2.24, 2.45) is 0 Å². The lowest BCUT2D eigenvalue weighted by Crippen LogP contribution is -2.23. The van der Waals surface area contributed by atoms with E-state index in [0.717, 1.165) is 12.0 Å². The smallest absolute Gasteiger partial charge is 0.331 e. The van der Waals surface area contributed by atoms with Crippen molar-refractivity contribution in [3.63, 3.8) is 0 Å². The van der Waals surface area contributed by atoms with Crippen LogP contribution in [-0.2, 0) is 9.53 Å². The predicted octanol–water partition coefficient (Wildman–Crippen LogP) is 3.79. The van der Waals surface area contributed by atoms with Gasteiger partial charge in [-0.25, -0.2) is 4.79 Å². The Kier molecular flexibility index (Phi) is 5.44. The van der Waals surface area contributed by atoms with Crippen molar-refractivity contribution < 1.29 is 23.8 Å². The zero-order valence-electron chi connectivity index (χ0n) is 14.4. The lowest BCUT2D eigenvalue weighted by molar-refractivity contribution is -0.145. The summed E-state index contributed by atoms with van der Waals surface area (Å²) < 4.78 is 16.8. The highest BCUT2D eigenvalue weighted by molar-refractivity contribution is 5.95. The van der Waals surface area contributed by atoms with Gasteiger partial charge < -0.3 is 14.2 Å². The number of ketones is 1. The van der Waals surface area contributed by atoms with E-state index in [-0.39, 0.29) is 5.78 Å². The zero-order valence-corrected chi connectivity index (χ0v) is 14.4. The van der Waals surface area contributed by atoms with E-state index in [1.165, 1.54) is 20.1 Å². The van der Waals surface area contributed by atoms with E-state index in [1.54, 1.807) is 25.1 Å². The van der Waals surface area contributed by atoms with Crippen LogP contribution in [0.1, 0.15) is 49.2 Å². The number of carbonyl (C=O) groups is 2. The molecule has 1 aromatic carbocycles. The van der Waals surface area contributed by atoms with Crippen molar-refractivity contribution in [1.29, 1.82) is 0 Å². The van der Waals surface area contributed by atoms with Gasteiger partial charge in [0.25, 0.3) is 0 Å². The van der Waals surface area contributed by atoms with Crippen LogP contribution in [0.3, 0.4) is 0 Å². The number of benzene rings is 1. The van der Waals surface area contributed by atoms with Crippen LogP contribution in [-0.4, -0.2) is 25.0 Å². The van der Waals surface area contributed by atoms with E-state index in [0.29, 0.717) is 22.6 Å². The molecule has 0 fully saturated rings. The summed E-state index contributed by atoms with van der Waals surface area (Å²) in [5.41, 5.74) is 1.81. The number of rotatable bonds is 6. The number of methoxy groups -OCH3 is 1. The first-order chi connectivity index (χ1) is 11.4. The van der Waals surface area contributed by atoms with Crippen molar-refractivity contribution in [3.8, 4) is 11.5 Å². The van der Waals surface area contributed by atoms with Crippen LogP contribution in [0.5, 0.6) is 11.5 Å². The van der Waals surface area contributed by atoms with Gasteiger partial charge in [-0.15, -0.1) is 0 Å². The maximum atomic E-state index is 12.0. The molecule has 5 nitrogen and oxygen atoms in total. The molecule has 5 heteroatoms. The average molecular weight is 330 g/mol. The van der Waals surface area contributed by atoms with Crippen molar-refractivity contribution in [2.45, 2.75) is 39.4 Å². The van der Waals surface area contributed by atoms with Gasteiger partial charge >= 0.3 is 5.97 Å². The number of allylic oxidation sites excluding steroid dienone is 1. The van der Waals surface area contributed by atoms with Gasteiger partial charge in [0.2, 0.25) is 0 Å². The Balaban J connectivity index is 2.47. The summed E-state index contributed by atoms with van der Waals surface area (Å²) in [7, 11) is 1.50. The van der Waals surface area contributed by atoms with Crippen LogP contribution in [0.25, 0.3) is 0 Å². The molecule has 0 N–H and O–H groups in total. The van der Waals surface area contributed by atoms with Gasteiger partial charge in [-0.2, -0.15) is 0 Å². The van der Waals surface area contributed by atoms with E-state index in [4.69, 9.17) is 14.2 Å². The summed E-state index contributed by atoms with van der Waals surface area (Å²) in [6, 6.07) is 3.31. The van der Waals surface area contributed by atoms with Crippen LogP contribution in [0.2, 0.25) is 0 Å². The number of hydrogen-bond donors (Lipinski definition) is 0. The van der Waals surface area contributed by atoms with Crippen LogP contribution in [0.4, 0.5) is 0 Å². The Bertz CT molecular complexity index is 702. The second-order valence-corrected chi connectivity index (χ2v) is 5.71. The molecule has 1 heterocycles. The van der Waals surface area contributed by atoms with Crippen LogP contribution in [0, 0.1) is 0 Å². The van der Waals surface area contributed by atoms with Crippen molar-refractivity contribution in [3.05, 3.63) is 47.6 Å². The van der Waals surface area contributed by atoms with Gasteiger partial charge in [-0.3, -0.25) is 4.79 Å². The summed E-state index contributed by atoms with van der Waals surface area (Å²) in [4.78, 5) is 23.8. The van der Waals surface area contributed by atoms with Gasteiger partial charge in [-0.05, 0) is 38.0 Å². The largest absolute Gasteiger partial charge is 0.493 e. The van der Waals surface area contributed by atoms with Gasteiger partial charge in [0.15, 0.2) is 29.5 Å². The third-order valence-electron chi connectivity index (χ3n) is 3.75. The molecule has 0 radical (unpaired) electrons. The Morgan fingerprint density at radius 1 is 1.33 bits per heavy atom. The lowest BCUT2D eigenvalue weighted by Gasteiger charge is -2.19. The number of Topliss-reactive ketones (excluding diaryl/α,β-unsaturated/α-hetero) is 1. The van der Waals surface area contributed by atoms with E-state index in [1.807, 2.05) is 6.92 Å². The molecule has 2 rings (SSSR count). The first kappa shape index (κ1) is 17.8. The minimum absolute atomic E-state index is 0.106. The maximum absolute atomic E-state index is 12.0. The molecule has 1 aliphatic rings. The van der Waals surface area contributed by atoms with Gasteiger partial charge in [0.05, 0.1) is 7.11 Å². The minimum atomic E-state index is -0.667. The van der Waals surface area contributed by atoms with Crippen molar-refractivity contribution >= 4 is 11.8 Å². The minimum Gasteiger partial charge on any atom is -0.493 e. The third-order valence-corrected chi connectivity index (χ3v) is 3.75. The maximum Gasteiger partial charge on any atom is 0.331 e. The van der Waals surface area contributed by atoms with Crippen molar-refractivity contribution in [1.82, 2.24) is 0 Å². The van der Waals surface area contributed by atoms with Gasteiger partial charge in [0, 0.05) is 17.2 Å². The van der Waals surface area contributed by atoms with E-state index in [9.17, 15) is 9.59 Å². The SMILES string of the molecule is C=C(C)[C@@H]1Oc2c(OC)cc(C(C)=O)cc2[C@H]1OC(=O)C=CCC. The summed E-state index contributed by atoms with van der Waals surface area (Å²) in [6.07, 6.45) is 2.66. The summed E-state index contributed by atoms with van der Waals surface area (Å²) in [5, 5.41) is 0. The zero-order chi connectivity index (χ0) is 17.9. The third kappa shape index (κ3) is 3.50. The fourth-order valence-corrected chi connectivity index (χ4v) is 2.53. The molecule has 0 aromatic heterocycles. The Morgan fingerprint density at radius 2 is 2.04 bits per heavy atom. The second-order valence-electron chi connectivity index (χ2n) is 5.71. The number of hydrogen-bond acceptors (Lipinski definition) is 5. The highest BCUT2D eigenvalue weighted by atomic mass is 16.6. The lowest BCUT2D eigenvalue weighted by atomic mass is 9.99. The standard InChI is InChI=1S/C19H22O5/c1-6-7-8-16(21)23-19-14-9-13(12(4)20)10-15(22-5)18(14)24-17(19)11(2)3/h7-10,17,19H,2,6H2,1,3-5H3/t17-,19+/m0/s1. The number of carbonyl (C=O) groups excluding carboxylic acids is 2. The molecule has 0 unspecified atom stereocenters. The van der Waals surface area contributed by atoms with Crippen LogP contribution >= 0.6 is 0 Å². The molecular formula is C19H22O5. The molecular weight excluding hydrogens is 308 g/mol. The average Bonchev–Trinajstić information content (AvgIpc) is 2.90. The summed E-state index contributed by atoms with van der Waals surface area (Å²) in [6.45, 7) is 9.11. The summed E-state index contributed by atoms with van der Waals surface area (Å²) >= 11 is 0. The molecule has 0 spiro atoms. The Labute approximate surface area is 141 Å². The molecule has 2 atom stereocenters. The Morgan fingerprint density at radius 3 is 2.58 bits per heavy atom. The first-order valence-corrected chi connectivity index (χ1v) is 7.81. The quantitative estimate of drug-likeness (QED) is 0.344. The van der Waals surface area contributed by atoms with Gasteiger partial charge in [-0.1, -0.05) is 19.6 Å². The van der Waals surface area contributed by atoms with Gasteiger partial charge in [0.1, 0.15) is 0 Å². The topological polar surface area (TPSA) is 61.8 Å². The van der Waals surface area contributed by atoms with Crippen LogP contribution in [0.15, 0.2) is 36.4 Å². The normalized spacial score (nSPS) is 18.8. The number of ether oxygens (including phenoxy) is 3. The van der Waals surface area contributed by atoms with E-state index in [2.05, 4.69) is 6.58 Å². The molecule has 0 aliphatic carbocycles. The molecule has 0 saturated carbocycles. The summed E-state index contributed by atoms with van der Waals surface area (Å²) in [5.74, 6) is 0.349. The van der Waals surface area contributed by atoms with Crippen molar-refractivity contribution in [2.75, 3.05) is 7.11 Å². The number of esters is 1. The first-order valence-electron chi connectivity index (χ1n) is 7.81. The highest BCUT2D eigenvalue weighted by Gasteiger charge is 2.40. The highest BCUT2D eigenvalue weighted by Crippen LogP contribution is 2.47. The monoisotopic (exact) mass is 330 g/mol. The molecule has 0 bridgehead atoms. The number of fused-ring (bicyclic) bond motifs is 1. The molecule has 24 heavy (non-hydrogen) atoms. The second kappa shape index (κ2) is 7.34.